The first-order chi connectivity index (χ1) is 10.5. The summed E-state index contributed by atoms with van der Waals surface area (Å²) in [5.41, 5.74) is -0.596. The van der Waals surface area contributed by atoms with Crippen LogP contribution in [0.5, 0.6) is 0 Å². The molecule has 2 aliphatic rings. The van der Waals surface area contributed by atoms with Crippen molar-refractivity contribution in [1.82, 2.24) is 9.80 Å². The molecule has 0 aromatic carbocycles. The predicted molar refractivity (Wildman–Crippen MR) is 81.2 cm³/mol. The first-order valence-corrected chi connectivity index (χ1v) is 8.14. The smallest absolute Gasteiger partial charge is 0.410 e. The predicted octanol–water partition coefficient (Wildman–Crippen LogP) is 2.89. The van der Waals surface area contributed by atoms with Gasteiger partial charge in [0.2, 0.25) is 5.91 Å². The molecule has 0 spiro atoms. The van der Waals surface area contributed by atoms with E-state index in [0.29, 0.717) is 13.0 Å². The number of nitrogens with zero attached hydrogens (tertiary/aromatic N) is 2. The number of carbonyl (C=O) groups excluding carboxylic acids is 2. The minimum atomic E-state index is -2.86. The highest BCUT2D eigenvalue weighted by Crippen LogP contribution is 2.50. The van der Waals surface area contributed by atoms with E-state index in [2.05, 4.69) is 0 Å². The van der Waals surface area contributed by atoms with Gasteiger partial charge < -0.3 is 14.5 Å². The summed E-state index contributed by atoms with van der Waals surface area (Å²) in [4.78, 5) is 27.7. The van der Waals surface area contributed by atoms with Crippen molar-refractivity contribution >= 4 is 12.0 Å². The van der Waals surface area contributed by atoms with Crippen LogP contribution in [0.4, 0.5) is 13.6 Å². The van der Waals surface area contributed by atoms with Gasteiger partial charge >= 0.3 is 6.09 Å². The summed E-state index contributed by atoms with van der Waals surface area (Å²) < 4.78 is 31.8. The first kappa shape index (κ1) is 17.9. The standard InChI is InChI=1S/C16H26F2N2O3/c1-6-11-9-19(14(22)23-15(3,4)5)10(2)8-20(11)13(21)12-7-16(12,17)18/h10-12H,6-9H2,1-5H3/t10-,11+,12-/m0/s1. The molecule has 0 unspecified atom stereocenters. The SMILES string of the molecule is CC[C@@H]1CN(C(=O)OC(C)(C)C)[C@@H](C)CN1C(=O)[C@@H]1CC1(F)F. The van der Waals surface area contributed by atoms with E-state index >= 15 is 0 Å². The van der Waals surface area contributed by atoms with Gasteiger partial charge in [0.1, 0.15) is 11.5 Å². The van der Waals surface area contributed by atoms with Crippen LogP contribution in [-0.2, 0) is 9.53 Å². The molecule has 0 radical (unpaired) electrons. The molecule has 5 nitrogen and oxygen atoms in total. The van der Waals surface area contributed by atoms with E-state index in [1.807, 2.05) is 6.92 Å². The fourth-order valence-electron chi connectivity index (χ4n) is 2.91. The maximum absolute atomic E-state index is 13.2. The molecule has 2 fully saturated rings. The average Bonchev–Trinajstić information content (AvgIpc) is 3.04. The van der Waals surface area contributed by atoms with Crippen LogP contribution in [0.3, 0.4) is 0 Å². The number of halogens is 2. The molecule has 3 atom stereocenters. The summed E-state index contributed by atoms with van der Waals surface area (Å²) in [6.45, 7) is 9.66. The van der Waals surface area contributed by atoms with Gasteiger partial charge in [-0.2, -0.15) is 0 Å². The molecule has 7 heteroatoms. The Bertz CT molecular complexity index is 490. The van der Waals surface area contributed by atoms with Crippen LogP contribution >= 0.6 is 0 Å². The van der Waals surface area contributed by atoms with Crippen molar-refractivity contribution in [2.45, 2.75) is 71.1 Å². The zero-order valence-corrected chi connectivity index (χ0v) is 14.4. The van der Waals surface area contributed by atoms with Gasteiger partial charge in [-0.3, -0.25) is 4.79 Å². The fourth-order valence-corrected chi connectivity index (χ4v) is 2.91. The van der Waals surface area contributed by atoms with E-state index in [4.69, 9.17) is 4.74 Å². The monoisotopic (exact) mass is 332 g/mol. The molecule has 0 aromatic heterocycles. The van der Waals surface area contributed by atoms with Crippen LogP contribution in [0.2, 0.25) is 0 Å². The van der Waals surface area contributed by atoms with Crippen molar-refractivity contribution in [3.8, 4) is 0 Å². The summed E-state index contributed by atoms with van der Waals surface area (Å²) in [5.74, 6) is -4.53. The van der Waals surface area contributed by atoms with Crippen molar-refractivity contribution in [3.05, 3.63) is 0 Å². The summed E-state index contributed by atoms with van der Waals surface area (Å²) in [7, 11) is 0. The molecular weight excluding hydrogens is 306 g/mol. The van der Waals surface area contributed by atoms with Crippen molar-refractivity contribution in [3.63, 3.8) is 0 Å². The Morgan fingerprint density at radius 3 is 2.22 bits per heavy atom. The van der Waals surface area contributed by atoms with Crippen LogP contribution in [-0.4, -0.2) is 58.5 Å². The van der Waals surface area contributed by atoms with Crippen LogP contribution in [0, 0.1) is 5.92 Å². The topological polar surface area (TPSA) is 49.9 Å². The third-order valence-electron chi connectivity index (χ3n) is 4.35. The third-order valence-corrected chi connectivity index (χ3v) is 4.35. The second-order valence-corrected chi connectivity index (χ2v) is 7.55. The van der Waals surface area contributed by atoms with Gasteiger partial charge in [-0.15, -0.1) is 0 Å². The van der Waals surface area contributed by atoms with Crippen molar-refractivity contribution in [2.75, 3.05) is 13.1 Å². The van der Waals surface area contributed by atoms with E-state index in [9.17, 15) is 18.4 Å². The Kier molecular flexibility index (Phi) is 4.61. The molecule has 2 rings (SSSR count). The quantitative estimate of drug-likeness (QED) is 0.781. The number of hydrogen-bond acceptors (Lipinski definition) is 3. The highest BCUT2D eigenvalue weighted by atomic mass is 19.3. The molecular formula is C16H26F2N2O3. The Morgan fingerprint density at radius 2 is 1.78 bits per heavy atom. The van der Waals surface area contributed by atoms with E-state index in [1.165, 1.54) is 4.90 Å². The third kappa shape index (κ3) is 3.93. The normalized spacial score (nSPS) is 30.1. The number of ether oxygens (including phenoxy) is 1. The van der Waals surface area contributed by atoms with Gasteiger partial charge in [0.25, 0.3) is 5.92 Å². The summed E-state index contributed by atoms with van der Waals surface area (Å²) in [6.07, 6.45) is -0.175. The van der Waals surface area contributed by atoms with Gasteiger partial charge in [-0.05, 0) is 34.1 Å². The molecule has 0 N–H and O–H groups in total. The second kappa shape index (κ2) is 5.91. The highest BCUT2D eigenvalue weighted by Gasteiger charge is 2.63. The van der Waals surface area contributed by atoms with Crippen molar-refractivity contribution < 1.29 is 23.1 Å². The van der Waals surface area contributed by atoms with Crippen LogP contribution in [0.25, 0.3) is 0 Å². The van der Waals surface area contributed by atoms with Crippen molar-refractivity contribution in [1.29, 1.82) is 0 Å². The summed E-state index contributed by atoms with van der Waals surface area (Å²) in [5, 5.41) is 0. The molecule has 0 aromatic rings. The maximum atomic E-state index is 13.2. The largest absolute Gasteiger partial charge is 0.444 e. The molecule has 2 amide bonds. The van der Waals surface area contributed by atoms with Gasteiger partial charge in [-0.1, -0.05) is 6.92 Å². The van der Waals surface area contributed by atoms with E-state index in [-0.39, 0.29) is 25.0 Å². The van der Waals surface area contributed by atoms with Gasteiger partial charge in [0, 0.05) is 31.6 Å². The molecule has 1 saturated carbocycles. The van der Waals surface area contributed by atoms with E-state index < -0.39 is 29.4 Å². The van der Waals surface area contributed by atoms with Crippen LogP contribution in [0.1, 0.15) is 47.5 Å². The number of hydrogen-bond donors (Lipinski definition) is 0. The van der Waals surface area contributed by atoms with Crippen LogP contribution < -0.4 is 0 Å². The van der Waals surface area contributed by atoms with Gasteiger partial charge in [0.15, 0.2) is 0 Å². The second-order valence-electron chi connectivity index (χ2n) is 7.55. The zero-order chi connectivity index (χ0) is 17.6. The van der Waals surface area contributed by atoms with Crippen molar-refractivity contribution in [2.24, 2.45) is 5.92 Å². The minimum absolute atomic E-state index is 0.248. The Balaban J connectivity index is 2.06. The lowest BCUT2D eigenvalue weighted by Crippen LogP contribution is -2.61. The summed E-state index contributed by atoms with van der Waals surface area (Å²) in [6, 6.07) is -0.508. The lowest BCUT2D eigenvalue weighted by Gasteiger charge is -2.45. The number of alkyl halides is 2. The molecule has 1 aliphatic heterocycles. The number of rotatable bonds is 2. The average molecular weight is 332 g/mol. The molecule has 0 bridgehead atoms. The van der Waals surface area contributed by atoms with E-state index in [1.54, 1.807) is 32.6 Å². The highest BCUT2D eigenvalue weighted by molar-refractivity contribution is 5.83. The molecule has 1 aliphatic carbocycles. The minimum Gasteiger partial charge on any atom is -0.444 e. The van der Waals surface area contributed by atoms with Crippen LogP contribution in [0.15, 0.2) is 0 Å². The zero-order valence-electron chi connectivity index (χ0n) is 14.4. The molecule has 132 valence electrons. The number of carbonyl (C=O) groups is 2. The fraction of sp³-hybridized carbons (Fsp3) is 0.875. The lowest BCUT2D eigenvalue weighted by molar-refractivity contribution is -0.141. The van der Waals surface area contributed by atoms with Gasteiger partial charge in [0.05, 0.1) is 0 Å². The molecule has 1 saturated heterocycles. The maximum Gasteiger partial charge on any atom is 0.410 e. The van der Waals surface area contributed by atoms with Gasteiger partial charge in [-0.25, -0.2) is 13.6 Å². The Labute approximate surface area is 135 Å². The molecule has 23 heavy (non-hydrogen) atoms. The lowest BCUT2D eigenvalue weighted by atomic mass is 10.0. The summed E-state index contributed by atoms with van der Waals surface area (Å²) >= 11 is 0. The Morgan fingerprint density at radius 1 is 1.22 bits per heavy atom. The number of piperazine rings is 1. The molecule has 1 heterocycles. The Hall–Kier alpha value is -1.40. The number of amides is 2. The van der Waals surface area contributed by atoms with E-state index in [0.717, 1.165) is 0 Å². The first-order valence-electron chi connectivity index (χ1n) is 8.14.